The molecule has 31 heavy (non-hydrogen) atoms. The van der Waals surface area contributed by atoms with Crippen LogP contribution in [0.1, 0.15) is 27.7 Å². The van der Waals surface area contributed by atoms with Crippen LogP contribution in [0.25, 0.3) is 11.1 Å². The Kier molecular flexibility index (Phi) is 5.18. The lowest BCUT2D eigenvalue weighted by Gasteiger charge is -2.38. The highest BCUT2D eigenvalue weighted by molar-refractivity contribution is 5.94. The fourth-order valence-corrected chi connectivity index (χ4v) is 4.53. The van der Waals surface area contributed by atoms with Gasteiger partial charge in [-0.05, 0) is 22.3 Å². The Morgan fingerprint density at radius 2 is 1.55 bits per heavy atom. The Morgan fingerprint density at radius 3 is 2.16 bits per heavy atom. The molecule has 1 aliphatic carbocycles. The normalized spacial score (nSPS) is 15.9. The van der Waals surface area contributed by atoms with E-state index in [0.717, 1.165) is 13.1 Å². The van der Waals surface area contributed by atoms with Crippen molar-refractivity contribution in [1.29, 1.82) is 0 Å². The van der Waals surface area contributed by atoms with Gasteiger partial charge in [0.25, 0.3) is 5.91 Å². The number of fused-ring (bicyclic) bond motifs is 3. The number of nitrogens with one attached hydrogen (secondary N) is 1. The van der Waals surface area contributed by atoms with Crippen LogP contribution >= 0.6 is 0 Å². The second-order valence-corrected chi connectivity index (χ2v) is 7.77. The fraction of sp³-hybridized carbons (Fsp3) is 0.250. The van der Waals surface area contributed by atoms with Crippen molar-refractivity contribution in [2.45, 2.75) is 6.04 Å². The van der Waals surface area contributed by atoms with Crippen LogP contribution in [0.4, 0.5) is 0 Å². The van der Waals surface area contributed by atoms with Crippen LogP contribution in [0, 0.1) is 0 Å². The van der Waals surface area contributed by atoms with Crippen molar-refractivity contribution in [3.8, 4) is 11.1 Å². The largest absolute Gasteiger partial charge is 0.342 e. The molecule has 1 fully saturated rings. The summed E-state index contributed by atoms with van der Waals surface area (Å²) >= 11 is 0. The first-order valence-corrected chi connectivity index (χ1v) is 10.5. The molecule has 0 atom stereocenters. The summed E-state index contributed by atoms with van der Waals surface area (Å²) in [5, 5.41) is 2.64. The van der Waals surface area contributed by atoms with Gasteiger partial charge in [-0.15, -0.1) is 0 Å². The highest BCUT2D eigenvalue weighted by atomic mass is 16.2. The van der Waals surface area contributed by atoms with Crippen molar-refractivity contribution >= 4 is 11.8 Å². The third-order valence-electron chi connectivity index (χ3n) is 6.03. The van der Waals surface area contributed by atoms with Crippen molar-refractivity contribution in [2.75, 3.05) is 32.7 Å². The SMILES string of the molecule is O=C(NCC(=O)N1CCN(C2c3ccccc3-c3ccccc32)CC1)c1cnccn1. The third-order valence-corrected chi connectivity index (χ3v) is 6.03. The zero-order chi connectivity index (χ0) is 21.2. The van der Waals surface area contributed by atoms with Gasteiger partial charge in [0.2, 0.25) is 5.91 Å². The first-order chi connectivity index (χ1) is 15.2. The molecule has 156 valence electrons. The van der Waals surface area contributed by atoms with Crippen molar-refractivity contribution in [3.63, 3.8) is 0 Å². The predicted octanol–water partition coefficient (Wildman–Crippen LogP) is 2.12. The van der Waals surface area contributed by atoms with E-state index in [-0.39, 0.29) is 30.1 Å². The molecular weight excluding hydrogens is 390 g/mol. The van der Waals surface area contributed by atoms with E-state index in [2.05, 4.69) is 68.7 Å². The van der Waals surface area contributed by atoms with E-state index in [4.69, 9.17) is 0 Å². The number of aromatic nitrogens is 2. The minimum Gasteiger partial charge on any atom is -0.342 e. The molecule has 2 aliphatic rings. The number of hydrogen-bond donors (Lipinski definition) is 1. The van der Waals surface area contributed by atoms with Gasteiger partial charge in [-0.3, -0.25) is 19.5 Å². The molecule has 0 saturated carbocycles. The van der Waals surface area contributed by atoms with E-state index in [9.17, 15) is 9.59 Å². The summed E-state index contributed by atoms with van der Waals surface area (Å²) in [5.74, 6) is -0.469. The molecule has 2 aromatic carbocycles. The monoisotopic (exact) mass is 413 g/mol. The van der Waals surface area contributed by atoms with Crippen molar-refractivity contribution < 1.29 is 9.59 Å². The molecule has 0 bridgehead atoms. The highest BCUT2D eigenvalue weighted by Crippen LogP contribution is 2.46. The number of rotatable bonds is 4. The van der Waals surface area contributed by atoms with Crippen LogP contribution in [0.3, 0.4) is 0 Å². The van der Waals surface area contributed by atoms with Crippen molar-refractivity contribution in [1.82, 2.24) is 25.1 Å². The fourth-order valence-electron chi connectivity index (χ4n) is 4.53. The van der Waals surface area contributed by atoms with Gasteiger partial charge >= 0.3 is 0 Å². The van der Waals surface area contributed by atoms with Crippen LogP contribution in [0.15, 0.2) is 67.1 Å². The lowest BCUT2D eigenvalue weighted by atomic mass is 10.0. The lowest BCUT2D eigenvalue weighted by molar-refractivity contribution is -0.132. The molecule has 2 amide bonds. The quantitative estimate of drug-likeness (QED) is 0.709. The average Bonchev–Trinajstić information content (AvgIpc) is 3.17. The Balaban J connectivity index is 1.22. The third kappa shape index (κ3) is 3.68. The maximum absolute atomic E-state index is 12.6. The number of benzene rings is 2. The van der Waals surface area contributed by atoms with Crippen molar-refractivity contribution in [2.24, 2.45) is 0 Å². The molecule has 7 heteroatoms. The summed E-state index contributed by atoms with van der Waals surface area (Å²) in [7, 11) is 0. The second-order valence-electron chi connectivity index (χ2n) is 7.77. The van der Waals surface area contributed by atoms with Gasteiger partial charge in [0.05, 0.1) is 18.8 Å². The predicted molar refractivity (Wildman–Crippen MR) is 116 cm³/mol. The zero-order valence-electron chi connectivity index (χ0n) is 17.1. The summed E-state index contributed by atoms with van der Waals surface area (Å²) in [6, 6.07) is 17.4. The van der Waals surface area contributed by atoms with Gasteiger partial charge in [-0.2, -0.15) is 0 Å². The Labute approximate surface area is 180 Å². The van der Waals surface area contributed by atoms with Gasteiger partial charge in [0.15, 0.2) is 0 Å². The molecule has 1 aliphatic heterocycles. The maximum atomic E-state index is 12.6. The maximum Gasteiger partial charge on any atom is 0.271 e. The van der Waals surface area contributed by atoms with Crippen LogP contribution < -0.4 is 5.32 Å². The molecule has 0 radical (unpaired) electrons. The van der Waals surface area contributed by atoms with Crippen LogP contribution in [0.5, 0.6) is 0 Å². The highest BCUT2D eigenvalue weighted by Gasteiger charge is 2.34. The molecule has 1 saturated heterocycles. The van der Waals surface area contributed by atoms with Crippen LogP contribution in [-0.2, 0) is 4.79 Å². The summed E-state index contributed by atoms with van der Waals surface area (Å²) in [5.41, 5.74) is 5.47. The first-order valence-electron chi connectivity index (χ1n) is 10.5. The van der Waals surface area contributed by atoms with Crippen molar-refractivity contribution in [3.05, 3.63) is 83.9 Å². The molecule has 0 unspecified atom stereocenters. The molecule has 1 aromatic heterocycles. The van der Waals surface area contributed by atoms with E-state index < -0.39 is 0 Å². The number of carbonyl (C=O) groups excluding carboxylic acids is 2. The topological polar surface area (TPSA) is 78.4 Å². The van der Waals surface area contributed by atoms with E-state index in [0.29, 0.717) is 13.1 Å². The minimum absolute atomic E-state index is 0.0372. The van der Waals surface area contributed by atoms with Gasteiger partial charge < -0.3 is 10.2 Å². The molecular formula is C24H23N5O2. The number of carbonyl (C=O) groups is 2. The standard InChI is InChI=1S/C24H23N5O2/c30-22(16-27-24(31)21-15-25-9-10-26-21)28-11-13-29(14-12-28)23-19-7-3-1-5-17(19)18-6-2-4-8-20(18)23/h1-10,15,23H,11-14,16H2,(H,27,31). The first kappa shape index (κ1) is 19.4. The smallest absolute Gasteiger partial charge is 0.271 e. The van der Waals surface area contributed by atoms with E-state index in [1.54, 1.807) is 0 Å². The van der Waals surface area contributed by atoms with Crippen LogP contribution in [0.2, 0.25) is 0 Å². The van der Waals surface area contributed by atoms with E-state index in [1.807, 2.05) is 4.90 Å². The molecule has 7 nitrogen and oxygen atoms in total. The molecule has 2 heterocycles. The van der Waals surface area contributed by atoms with Crippen LogP contribution in [-0.4, -0.2) is 64.3 Å². The van der Waals surface area contributed by atoms with E-state index in [1.165, 1.54) is 40.8 Å². The number of amides is 2. The number of piperazine rings is 1. The average molecular weight is 413 g/mol. The summed E-state index contributed by atoms with van der Waals surface area (Å²) in [4.78, 5) is 36.8. The van der Waals surface area contributed by atoms with Gasteiger partial charge in [0.1, 0.15) is 5.69 Å². The molecule has 5 rings (SSSR count). The Bertz CT molecular complexity index is 1060. The summed E-state index contributed by atoms with van der Waals surface area (Å²) < 4.78 is 0. The van der Waals surface area contributed by atoms with E-state index >= 15 is 0 Å². The Morgan fingerprint density at radius 1 is 0.903 bits per heavy atom. The molecule has 0 spiro atoms. The number of nitrogens with zero attached hydrogens (tertiary/aromatic N) is 4. The van der Waals surface area contributed by atoms with Gasteiger partial charge in [-0.1, -0.05) is 48.5 Å². The molecule has 3 aromatic rings. The summed E-state index contributed by atoms with van der Waals surface area (Å²) in [6.07, 6.45) is 4.34. The number of hydrogen-bond acceptors (Lipinski definition) is 5. The molecule has 1 N–H and O–H groups in total. The second kappa shape index (κ2) is 8.28. The van der Waals surface area contributed by atoms with Gasteiger partial charge in [-0.25, -0.2) is 4.98 Å². The lowest BCUT2D eigenvalue weighted by Crippen LogP contribution is -2.51. The summed E-state index contributed by atoms with van der Waals surface area (Å²) in [6.45, 7) is 2.82. The zero-order valence-corrected chi connectivity index (χ0v) is 17.1. The Hall–Kier alpha value is -3.58. The van der Waals surface area contributed by atoms with Gasteiger partial charge in [0, 0.05) is 38.6 Å². The minimum atomic E-state index is -0.390.